The predicted molar refractivity (Wildman–Crippen MR) is 39.8 cm³/mol. The average Bonchev–Trinajstić information content (AvgIpc) is 2.69. The Balaban J connectivity index is 2.39. The first-order valence-electron chi connectivity index (χ1n) is 3.94. The molecule has 0 saturated heterocycles. The quantitative estimate of drug-likeness (QED) is 0.642. The zero-order valence-electron chi connectivity index (χ0n) is 6.76. The van der Waals surface area contributed by atoms with E-state index in [4.69, 9.17) is 4.74 Å². The van der Waals surface area contributed by atoms with Crippen LogP contribution >= 0.6 is 0 Å². The molecule has 0 aliphatic heterocycles. The van der Waals surface area contributed by atoms with Gasteiger partial charge in [-0.05, 0) is 25.2 Å². The molecular weight excluding hydrogens is 128 g/mol. The molecule has 1 aliphatic carbocycles. The molecule has 1 rings (SSSR count). The summed E-state index contributed by atoms with van der Waals surface area (Å²) in [6.07, 6.45) is 3.16. The molecule has 60 valence electrons. The fourth-order valence-corrected chi connectivity index (χ4v) is 1.38. The summed E-state index contributed by atoms with van der Waals surface area (Å²) in [6, 6.07) is 0. The number of ether oxygens (including phenoxy) is 1. The number of rotatable bonds is 4. The molecule has 10 heavy (non-hydrogen) atoms. The fourth-order valence-electron chi connectivity index (χ4n) is 1.38. The van der Waals surface area contributed by atoms with E-state index >= 15 is 0 Å². The van der Waals surface area contributed by atoms with Gasteiger partial charge in [0.15, 0.2) is 0 Å². The van der Waals surface area contributed by atoms with E-state index in [1.165, 1.54) is 12.8 Å². The molecule has 2 nitrogen and oxygen atoms in total. The third kappa shape index (κ3) is 1.50. The largest absolute Gasteiger partial charge is 0.387 e. The van der Waals surface area contributed by atoms with Crippen molar-refractivity contribution in [3.63, 3.8) is 0 Å². The van der Waals surface area contributed by atoms with Crippen LogP contribution < -0.4 is 0 Å². The second-order valence-corrected chi connectivity index (χ2v) is 3.16. The van der Waals surface area contributed by atoms with Gasteiger partial charge in [-0.15, -0.1) is 0 Å². The van der Waals surface area contributed by atoms with Gasteiger partial charge in [-0.25, -0.2) is 0 Å². The van der Waals surface area contributed by atoms with Crippen LogP contribution in [0.2, 0.25) is 0 Å². The molecule has 1 aliphatic rings. The van der Waals surface area contributed by atoms with Gasteiger partial charge in [0.25, 0.3) is 0 Å². The Morgan fingerprint density at radius 3 is 2.50 bits per heavy atom. The normalized spacial score (nSPS) is 24.3. The molecule has 0 aromatic heterocycles. The number of hydrogen-bond acceptors (Lipinski definition) is 2. The highest BCUT2D eigenvalue weighted by Gasteiger charge is 2.42. The molecule has 0 bridgehead atoms. The van der Waals surface area contributed by atoms with Crippen molar-refractivity contribution in [2.75, 3.05) is 13.7 Å². The van der Waals surface area contributed by atoms with Crippen LogP contribution in [-0.4, -0.2) is 24.4 Å². The van der Waals surface area contributed by atoms with Crippen LogP contribution in [0.1, 0.15) is 26.2 Å². The lowest BCUT2D eigenvalue weighted by atomic mass is 9.96. The van der Waals surface area contributed by atoms with E-state index in [9.17, 15) is 5.11 Å². The van der Waals surface area contributed by atoms with Gasteiger partial charge >= 0.3 is 0 Å². The van der Waals surface area contributed by atoms with Crippen molar-refractivity contribution in [3.05, 3.63) is 0 Å². The third-order valence-corrected chi connectivity index (χ3v) is 2.34. The minimum Gasteiger partial charge on any atom is -0.387 e. The van der Waals surface area contributed by atoms with E-state index in [1.807, 2.05) is 6.92 Å². The standard InChI is InChI=1S/C8H16O2/c1-3-8(9,6-10-2)7-4-5-7/h7,9H,3-6H2,1-2H3. The summed E-state index contributed by atoms with van der Waals surface area (Å²) >= 11 is 0. The Bertz CT molecular complexity index is 110. The van der Waals surface area contributed by atoms with Crippen molar-refractivity contribution >= 4 is 0 Å². The highest BCUT2D eigenvalue weighted by Crippen LogP contribution is 2.41. The molecule has 1 saturated carbocycles. The summed E-state index contributed by atoms with van der Waals surface area (Å²) in [5.41, 5.74) is -0.519. The second-order valence-electron chi connectivity index (χ2n) is 3.16. The summed E-state index contributed by atoms with van der Waals surface area (Å²) in [7, 11) is 1.64. The smallest absolute Gasteiger partial charge is 0.0905 e. The van der Waals surface area contributed by atoms with Crippen molar-refractivity contribution in [1.82, 2.24) is 0 Å². The maximum Gasteiger partial charge on any atom is 0.0905 e. The molecule has 0 radical (unpaired) electrons. The van der Waals surface area contributed by atoms with E-state index < -0.39 is 5.60 Å². The molecule has 1 atom stereocenters. The van der Waals surface area contributed by atoms with Crippen LogP contribution in [-0.2, 0) is 4.74 Å². The zero-order chi connectivity index (χ0) is 7.61. The first kappa shape index (κ1) is 8.02. The Kier molecular flexibility index (Phi) is 2.32. The summed E-state index contributed by atoms with van der Waals surface area (Å²) in [5, 5.41) is 9.83. The number of hydrogen-bond donors (Lipinski definition) is 1. The first-order chi connectivity index (χ1) is 4.73. The summed E-state index contributed by atoms with van der Waals surface area (Å²) < 4.78 is 4.95. The second kappa shape index (κ2) is 2.89. The van der Waals surface area contributed by atoms with E-state index in [1.54, 1.807) is 7.11 Å². The summed E-state index contributed by atoms with van der Waals surface area (Å²) in [4.78, 5) is 0. The fraction of sp³-hybridized carbons (Fsp3) is 1.00. The van der Waals surface area contributed by atoms with Gasteiger partial charge in [0.1, 0.15) is 0 Å². The summed E-state index contributed by atoms with van der Waals surface area (Å²) in [6.45, 7) is 2.51. The molecular formula is C8H16O2. The van der Waals surface area contributed by atoms with Gasteiger partial charge in [0.05, 0.1) is 12.2 Å². The lowest BCUT2D eigenvalue weighted by Crippen LogP contribution is -2.35. The van der Waals surface area contributed by atoms with E-state index in [0.717, 1.165) is 6.42 Å². The number of methoxy groups -OCH3 is 1. The molecule has 1 unspecified atom stereocenters. The Hall–Kier alpha value is -0.0800. The van der Waals surface area contributed by atoms with Gasteiger partial charge < -0.3 is 9.84 Å². The molecule has 1 N–H and O–H groups in total. The molecule has 0 amide bonds. The van der Waals surface area contributed by atoms with Gasteiger partial charge in [0, 0.05) is 7.11 Å². The van der Waals surface area contributed by atoms with E-state index in [-0.39, 0.29) is 0 Å². The van der Waals surface area contributed by atoms with Crippen molar-refractivity contribution in [1.29, 1.82) is 0 Å². The van der Waals surface area contributed by atoms with E-state index in [2.05, 4.69) is 0 Å². The minimum absolute atomic E-state index is 0.494. The van der Waals surface area contributed by atoms with Gasteiger partial charge in [-0.3, -0.25) is 0 Å². The molecule has 0 heterocycles. The maximum absolute atomic E-state index is 9.83. The molecule has 0 aromatic carbocycles. The van der Waals surface area contributed by atoms with E-state index in [0.29, 0.717) is 12.5 Å². The highest BCUT2D eigenvalue weighted by molar-refractivity contribution is 4.93. The summed E-state index contributed by atoms with van der Waals surface area (Å²) in [5.74, 6) is 0.512. The number of aliphatic hydroxyl groups is 1. The monoisotopic (exact) mass is 144 g/mol. The van der Waals surface area contributed by atoms with Crippen LogP contribution in [0.4, 0.5) is 0 Å². The topological polar surface area (TPSA) is 29.5 Å². The third-order valence-electron chi connectivity index (χ3n) is 2.34. The van der Waals surface area contributed by atoms with Gasteiger partial charge in [-0.1, -0.05) is 6.92 Å². The van der Waals surface area contributed by atoms with Crippen LogP contribution in [0.15, 0.2) is 0 Å². The lowest BCUT2D eigenvalue weighted by molar-refractivity contribution is -0.0504. The Morgan fingerprint density at radius 1 is 1.60 bits per heavy atom. The lowest BCUT2D eigenvalue weighted by Gasteiger charge is -2.25. The SMILES string of the molecule is CCC(O)(COC)C1CC1. The van der Waals surface area contributed by atoms with Crippen molar-refractivity contribution in [2.24, 2.45) is 5.92 Å². The minimum atomic E-state index is -0.519. The molecule has 0 aromatic rings. The highest BCUT2D eigenvalue weighted by atomic mass is 16.5. The van der Waals surface area contributed by atoms with Crippen LogP contribution in [0.25, 0.3) is 0 Å². The molecule has 0 spiro atoms. The Labute approximate surface area is 62.2 Å². The Morgan fingerprint density at radius 2 is 2.20 bits per heavy atom. The predicted octanol–water partition coefficient (Wildman–Crippen LogP) is 1.18. The maximum atomic E-state index is 9.83. The van der Waals surface area contributed by atoms with Gasteiger partial charge in [0.2, 0.25) is 0 Å². The van der Waals surface area contributed by atoms with Crippen LogP contribution in [0.3, 0.4) is 0 Å². The first-order valence-corrected chi connectivity index (χ1v) is 3.94. The van der Waals surface area contributed by atoms with Crippen molar-refractivity contribution < 1.29 is 9.84 Å². The molecule has 2 heteroatoms. The van der Waals surface area contributed by atoms with Crippen molar-refractivity contribution in [2.45, 2.75) is 31.8 Å². The zero-order valence-corrected chi connectivity index (χ0v) is 6.76. The average molecular weight is 144 g/mol. The molecule has 1 fully saturated rings. The van der Waals surface area contributed by atoms with Crippen LogP contribution in [0, 0.1) is 5.92 Å². The van der Waals surface area contributed by atoms with Crippen molar-refractivity contribution in [3.8, 4) is 0 Å². The van der Waals surface area contributed by atoms with Gasteiger partial charge in [-0.2, -0.15) is 0 Å². The van der Waals surface area contributed by atoms with Crippen LogP contribution in [0.5, 0.6) is 0 Å².